The molecule has 124 valence electrons. The summed E-state index contributed by atoms with van der Waals surface area (Å²) in [5.41, 5.74) is 3.49. The van der Waals surface area contributed by atoms with Gasteiger partial charge in [0.05, 0.1) is 19.3 Å². The number of nitrogens with one attached hydrogen (secondary N) is 1. The van der Waals surface area contributed by atoms with Crippen molar-refractivity contribution in [3.8, 4) is 0 Å². The summed E-state index contributed by atoms with van der Waals surface area (Å²) in [6.07, 6.45) is -0.532. The number of ether oxygens (including phenoxy) is 1. The minimum absolute atomic E-state index is 0.152. The Bertz CT molecular complexity index is 583. The Balaban J connectivity index is 1.67. The Morgan fingerprint density at radius 3 is 2.39 bits per heavy atom. The molecule has 0 aliphatic heterocycles. The summed E-state index contributed by atoms with van der Waals surface area (Å²) >= 11 is 5.88. The summed E-state index contributed by atoms with van der Waals surface area (Å²) in [5.74, 6) is 0. The molecule has 0 radical (unpaired) electrons. The Hall–Kier alpha value is -1.39. The van der Waals surface area contributed by atoms with Crippen molar-refractivity contribution < 1.29 is 9.84 Å². The van der Waals surface area contributed by atoms with Gasteiger partial charge in [0.25, 0.3) is 0 Å². The van der Waals surface area contributed by atoms with Crippen molar-refractivity contribution in [2.75, 3.05) is 13.2 Å². The summed E-state index contributed by atoms with van der Waals surface area (Å²) < 4.78 is 5.57. The largest absolute Gasteiger partial charge is 0.389 e. The number of benzene rings is 2. The summed E-state index contributed by atoms with van der Waals surface area (Å²) in [6.45, 7) is 5.43. The molecule has 0 fully saturated rings. The zero-order valence-electron chi connectivity index (χ0n) is 13.6. The van der Waals surface area contributed by atoms with Crippen LogP contribution in [0.3, 0.4) is 0 Å². The maximum Gasteiger partial charge on any atom is 0.0898 e. The van der Waals surface area contributed by atoms with Crippen molar-refractivity contribution in [2.45, 2.75) is 32.6 Å². The molecule has 0 aliphatic rings. The highest BCUT2D eigenvalue weighted by Crippen LogP contribution is 2.15. The van der Waals surface area contributed by atoms with E-state index in [1.165, 1.54) is 5.56 Å². The zero-order chi connectivity index (χ0) is 16.7. The lowest BCUT2D eigenvalue weighted by Crippen LogP contribution is -2.32. The van der Waals surface area contributed by atoms with Crippen LogP contribution in [-0.2, 0) is 11.3 Å². The molecule has 2 N–H and O–H groups in total. The predicted molar refractivity (Wildman–Crippen MR) is 94.7 cm³/mol. The first-order chi connectivity index (χ1) is 11.0. The van der Waals surface area contributed by atoms with Crippen LogP contribution in [0.2, 0.25) is 5.02 Å². The highest BCUT2D eigenvalue weighted by molar-refractivity contribution is 6.30. The molecule has 2 rings (SSSR count). The number of halogens is 1. The minimum atomic E-state index is -0.532. The Labute approximate surface area is 143 Å². The smallest absolute Gasteiger partial charge is 0.0898 e. The van der Waals surface area contributed by atoms with Crippen molar-refractivity contribution in [2.24, 2.45) is 0 Å². The van der Waals surface area contributed by atoms with Gasteiger partial charge in [0.2, 0.25) is 0 Å². The van der Waals surface area contributed by atoms with E-state index in [2.05, 4.69) is 31.3 Å². The van der Waals surface area contributed by atoms with Crippen molar-refractivity contribution in [1.82, 2.24) is 5.32 Å². The van der Waals surface area contributed by atoms with Crippen molar-refractivity contribution in [1.29, 1.82) is 0 Å². The molecular weight excluding hydrogens is 310 g/mol. The minimum Gasteiger partial charge on any atom is -0.389 e. The molecule has 3 nitrogen and oxygen atoms in total. The molecule has 2 aromatic rings. The average molecular weight is 334 g/mol. The fraction of sp³-hybridized carbons (Fsp3) is 0.368. The van der Waals surface area contributed by atoms with E-state index in [1.807, 2.05) is 36.4 Å². The molecule has 0 spiro atoms. The van der Waals surface area contributed by atoms with Crippen LogP contribution in [-0.4, -0.2) is 24.4 Å². The number of hydrogen-bond acceptors (Lipinski definition) is 3. The maximum atomic E-state index is 10.0. The third kappa shape index (κ3) is 6.32. The monoisotopic (exact) mass is 333 g/mol. The molecule has 2 unspecified atom stereocenters. The molecule has 4 heteroatoms. The molecule has 0 aromatic heterocycles. The number of hydrogen-bond donors (Lipinski definition) is 2. The predicted octanol–water partition coefficient (Wildman–Crippen LogP) is 3.88. The van der Waals surface area contributed by atoms with Gasteiger partial charge in [-0.25, -0.2) is 0 Å². The SMILES string of the molecule is Cc1ccc(COCC(O)CNC(C)c2ccc(Cl)cc2)cc1. The second kappa shape index (κ2) is 9.04. The topological polar surface area (TPSA) is 41.5 Å². The van der Waals surface area contributed by atoms with Crippen molar-refractivity contribution in [3.05, 3.63) is 70.2 Å². The fourth-order valence-electron chi connectivity index (χ4n) is 2.24. The van der Waals surface area contributed by atoms with Crippen LogP contribution in [0.4, 0.5) is 0 Å². The lowest BCUT2D eigenvalue weighted by Gasteiger charge is -2.17. The molecule has 0 saturated carbocycles. The lowest BCUT2D eigenvalue weighted by atomic mass is 10.1. The number of aliphatic hydroxyl groups excluding tert-OH is 1. The zero-order valence-corrected chi connectivity index (χ0v) is 14.4. The first-order valence-electron chi connectivity index (χ1n) is 7.85. The van der Waals surface area contributed by atoms with E-state index in [0.29, 0.717) is 19.8 Å². The van der Waals surface area contributed by atoms with E-state index < -0.39 is 6.10 Å². The van der Waals surface area contributed by atoms with Gasteiger partial charge in [-0.05, 0) is 37.1 Å². The molecule has 0 saturated heterocycles. The van der Waals surface area contributed by atoms with Gasteiger partial charge < -0.3 is 15.2 Å². The Morgan fingerprint density at radius 2 is 1.74 bits per heavy atom. The number of aryl methyl sites for hydroxylation is 1. The quantitative estimate of drug-likeness (QED) is 0.770. The van der Waals surface area contributed by atoms with Gasteiger partial charge in [-0.2, -0.15) is 0 Å². The third-order valence-electron chi connectivity index (χ3n) is 3.73. The van der Waals surface area contributed by atoms with E-state index in [1.54, 1.807) is 0 Å². The van der Waals surface area contributed by atoms with E-state index in [-0.39, 0.29) is 6.04 Å². The van der Waals surface area contributed by atoms with Crippen LogP contribution < -0.4 is 5.32 Å². The van der Waals surface area contributed by atoms with Crippen LogP contribution in [0, 0.1) is 6.92 Å². The first kappa shape index (κ1) is 18.0. The maximum absolute atomic E-state index is 10.0. The number of aliphatic hydroxyl groups is 1. The van der Waals surface area contributed by atoms with Gasteiger partial charge in [0.1, 0.15) is 0 Å². The van der Waals surface area contributed by atoms with Crippen molar-refractivity contribution in [3.63, 3.8) is 0 Å². The first-order valence-corrected chi connectivity index (χ1v) is 8.22. The van der Waals surface area contributed by atoms with Crippen LogP contribution >= 0.6 is 11.6 Å². The summed E-state index contributed by atoms with van der Waals surface area (Å²) in [5, 5.41) is 14.0. The van der Waals surface area contributed by atoms with E-state index in [4.69, 9.17) is 16.3 Å². The normalized spacial score (nSPS) is 13.7. The molecule has 0 aliphatic carbocycles. The summed E-state index contributed by atoms with van der Waals surface area (Å²) in [4.78, 5) is 0. The van der Waals surface area contributed by atoms with Gasteiger partial charge in [-0.15, -0.1) is 0 Å². The standard InChI is InChI=1S/C19H24ClNO2/c1-14-3-5-16(6-4-14)12-23-13-19(22)11-21-15(2)17-7-9-18(20)10-8-17/h3-10,15,19,21-22H,11-13H2,1-2H3. The molecule has 2 aromatic carbocycles. The molecule has 0 bridgehead atoms. The van der Waals surface area contributed by atoms with Crippen LogP contribution in [0.25, 0.3) is 0 Å². The lowest BCUT2D eigenvalue weighted by molar-refractivity contribution is 0.0278. The van der Waals surface area contributed by atoms with Crippen LogP contribution in [0.5, 0.6) is 0 Å². The van der Waals surface area contributed by atoms with Crippen molar-refractivity contribution >= 4 is 11.6 Å². The van der Waals surface area contributed by atoms with Gasteiger partial charge in [-0.3, -0.25) is 0 Å². The summed E-state index contributed by atoms with van der Waals surface area (Å²) in [7, 11) is 0. The molecule has 0 amide bonds. The highest BCUT2D eigenvalue weighted by Gasteiger charge is 2.09. The van der Waals surface area contributed by atoms with E-state index in [0.717, 1.165) is 16.1 Å². The second-order valence-electron chi connectivity index (χ2n) is 5.84. The number of rotatable bonds is 8. The third-order valence-corrected chi connectivity index (χ3v) is 3.98. The Kier molecular flexibility index (Phi) is 7.06. The van der Waals surface area contributed by atoms with E-state index >= 15 is 0 Å². The van der Waals surface area contributed by atoms with Crippen LogP contribution in [0.1, 0.15) is 29.7 Å². The molecule has 0 heterocycles. The Morgan fingerprint density at radius 1 is 1.09 bits per heavy atom. The van der Waals surface area contributed by atoms with Gasteiger partial charge in [-0.1, -0.05) is 53.6 Å². The van der Waals surface area contributed by atoms with Crippen LogP contribution in [0.15, 0.2) is 48.5 Å². The van der Waals surface area contributed by atoms with Gasteiger partial charge in [0, 0.05) is 17.6 Å². The fourth-order valence-corrected chi connectivity index (χ4v) is 2.36. The van der Waals surface area contributed by atoms with Gasteiger partial charge in [0.15, 0.2) is 0 Å². The summed E-state index contributed by atoms with van der Waals surface area (Å²) in [6, 6.07) is 16.1. The highest BCUT2D eigenvalue weighted by atomic mass is 35.5. The van der Waals surface area contributed by atoms with Gasteiger partial charge >= 0.3 is 0 Å². The second-order valence-corrected chi connectivity index (χ2v) is 6.27. The van der Waals surface area contributed by atoms with E-state index in [9.17, 15) is 5.11 Å². The molecule has 23 heavy (non-hydrogen) atoms. The molecule has 2 atom stereocenters. The average Bonchev–Trinajstić information content (AvgIpc) is 2.55. The molecular formula is C19H24ClNO2.